The Labute approximate surface area is 168 Å². The van der Waals surface area contributed by atoms with Crippen molar-refractivity contribution in [3.63, 3.8) is 0 Å². The van der Waals surface area contributed by atoms with E-state index in [2.05, 4.69) is 35.0 Å². The number of amides is 1. The van der Waals surface area contributed by atoms with Crippen molar-refractivity contribution in [3.05, 3.63) is 59.9 Å². The van der Waals surface area contributed by atoms with Crippen LogP contribution < -0.4 is 4.74 Å². The van der Waals surface area contributed by atoms with Gasteiger partial charge in [0.2, 0.25) is 0 Å². The minimum atomic E-state index is 0.110. The van der Waals surface area contributed by atoms with Crippen LogP contribution in [0.5, 0.6) is 5.75 Å². The average molecular weight is 382 g/mol. The standard InChI is InChI=1S/C23H31N3O2/c1-3-26(23(27)21-9-12-24-13-10-21)18-20-7-5-14-25(17-20)15-11-19-6-4-8-22(16-19)28-2/h4,6,8-10,12-13,16,20H,3,5,7,11,14-15,17-18H2,1-2H3/t20-/m0/s1. The van der Waals surface area contributed by atoms with Gasteiger partial charge in [0, 0.05) is 44.1 Å². The number of carbonyl (C=O) groups excluding carboxylic acids is 1. The average Bonchev–Trinajstić information content (AvgIpc) is 2.76. The number of methoxy groups -OCH3 is 1. The topological polar surface area (TPSA) is 45.7 Å². The predicted molar refractivity (Wildman–Crippen MR) is 112 cm³/mol. The van der Waals surface area contributed by atoms with Crippen LogP contribution in [-0.4, -0.2) is 60.5 Å². The fraction of sp³-hybridized carbons (Fsp3) is 0.478. The van der Waals surface area contributed by atoms with Crippen LogP contribution in [0.15, 0.2) is 48.8 Å². The SMILES string of the molecule is CCN(C[C@H]1CCCN(CCc2cccc(OC)c2)C1)C(=O)c1ccncc1. The van der Waals surface area contributed by atoms with Gasteiger partial charge in [-0.05, 0) is 68.5 Å². The lowest BCUT2D eigenvalue weighted by Crippen LogP contribution is -2.43. The fourth-order valence-corrected chi connectivity index (χ4v) is 3.96. The van der Waals surface area contributed by atoms with E-state index in [9.17, 15) is 4.79 Å². The molecular weight excluding hydrogens is 350 g/mol. The summed E-state index contributed by atoms with van der Waals surface area (Å²) in [5.41, 5.74) is 2.03. The number of piperidine rings is 1. The van der Waals surface area contributed by atoms with Crippen LogP contribution in [0.3, 0.4) is 0 Å². The molecule has 2 aromatic rings. The molecule has 1 saturated heterocycles. The summed E-state index contributed by atoms with van der Waals surface area (Å²) in [6.45, 7) is 6.88. The summed E-state index contributed by atoms with van der Waals surface area (Å²) in [4.78, 5) is 21.3. The van der Waals surface area contributed by atoms with Gasteiger partial charge in [0.1, 0.15) is 5.75 Å². The first-order valence-corrected chi connectivity index (χ1v) is 10.2. The van der Waals surface area contributed by atoms with E-state index >= 15 is 0 Å². The molecule has 0 bridgehead atoms. The zero-order chi connectivity index (χ0) is 19.8. The second-order valence-corrected chi connectivity index (χ2v) is 7.49. The third-order valence-corrected chi connectivity index (χ3v) is 5.53. The molecule has 3 rings (SSSR count). The lowest BCUT2D eigenvalue weighted by Gasteiger charge is -2.35. The molecule has 1 atom stereocenters. The number of ether oxygens (including phenoxy) is 1. The molecule has 2 heterocycles. The zero-order valence-corrected chi connectivity index (χ0v) is 17.0. The third kappa shape index (κ3) is 5.55. The molecule has 0 N–H and O–H groups in total. The fourth-order valence-electron chi connectivity index (χ4n) is 3.96. The Balaban J connectivity index is 1.52. The number of likely N-dealkylation sites (tertiary alicyclic amines) is 1. The van der Waals surface area contributed by atoms with Crippen molar-refractivity contribution in [2.24, 2.45) is 5.92 Å². The highest BCUT2D eigenvalue weighted by Gasteiger charge is 2.24. The molecule has 1 aromatic carbocycles. The molecule has 5 nitrogen and oxygen atoms in total. The summed E-state index contributed by atoms with van der Waals surface area (Å²) in [6, 6.07) is 11.9. The number of hydrogen-bond acceptors (Lipinski definition) is 4. The second-order valence-electron chi connectivity index (χ2n) is 7.49. The molecule has 1 aliphatic heterocycles. The molecule has 1 amide bonds. The maximum absolute atomic E-state index is 12.8. The smallest absolute Gasteiger partial charge is 0.253 e. The Kier molecular flexibility index (Phi) is 7.43. The molecule has 0 unspecified atom stereocenters. The normalized spacial score (nSPS) is 17.3. The van der Waals surface area contributed by atoms with Crippen LogP contribution in [-0.2, 0) is 6.42 Å². The number of pyridine rings is 1. The number of nitrogens with zero attached hydrogens (tertiary/aromatic N) is 3. The van der Waals surface area contributed by atoms with Gasteiger partial charge in [0.05, 0.1) is 7.11 Å². The summed E-state index contributed by atoms with van der Waals surface area (Å²) in [7, 11) is 1.71. The number of carbonyl (C=O) groups is 1. The van der Waals surface area contributed by atoms with Gasteiger partial charge in [-0.3, -0.25) is 9.78 Å². The highest BCUT2D eigenvalue weighted by molar-refractivity contribution is 5.94. The highest BCUT2D eigenvalue weighted by Crippen LogP contribution is 2.20. The predicted octanol–water partition coefficient (Wildman–Crippen LogP) is 3.51. The van der Waals surface area contributed by atoms with E-state index in [0.29, 0.717) is 5.92 Å². The molecule has 5 heteroatoms. The van der Waals surface area contributed by atoms with Gasteiger partial charge >= 0.3 is 0 Å². The first-order chi connectivity index (χ1) is 13.7. The number of aromatic nitrogens is 1. The Morgan fingerprint density at radius 3 is 2.86 bits per heavy atom. The Morgan fingerprint density at radius 1 is 1.29 bits per heavy atom. The van der Waals surface area contributed by atoms with Gasteiger partial charge in [-0.25, -0.2) is 0 Å². The van der Waals surface area contributed by atoms with Crippen LogP contribution in [0.1, 0.15) is 35.7 Å². The van der Waals surface area contributed by atoms with Crippen LogP contribution in [0.4, 0.5) is 0 Å². The van der Waals surface area contributed by atoms with Gasteiger partial charge in [-0.2, -0.15) is 0 Å². The van der Waals surface area contributed by atoms with Crippen molar-refractivity contribution >= 4 is 5.91 Å². The molecule has 0 saturated carbocycles. The number of benzene rings is 1. The molecule has 1 aliphatic rings. The molecular formula is C23H31N3O2. The van der Waals surface area contributed by atoms with Crippen LogP contribution in [0.2, 0.25) is 0 Å². The largest absolute Gasteiger partial charge is 0.497 e. The zero-order valence-electron chi connectivity index (χ0n) is 17.0. The van der Waals surface area contributed by atoms with Crippen molar-refractivity contribution in [1.82, 2.24) is 14.8 Å². The van der Waals surface area contributed by atoms with Crippen molar-refractivity contribution in [2.75, 3.05) is 39.8 Å². The Bertz CT molecular complexity index is 751. The van der Waals surface area contributed by atoms with Gasteiger partial charge in [0.25, 0.3) is 5.91 Å². The van der Waals surface area contributed by atoms with E-state index in [1.165, 1.54) is 18.4 Å². The first-order valence-electron chi connectivity index (χ1n) is 10.2. The monoisotopic (exact) mass is 381 g/mol. The molecule has 0 spiro atoms. The van der Waals surface area contributed by atoms with Crippen molar-refractivity contribution in [3.8, 4) is 5.75 Å². The van der Waals surface area contributed by atoms with E-state index in [1.807, 2.05) is 11.0 Å². The van der Waals surface area contributed by atoms with Gasteiger partial charge in [-0.15, -0.1) is 0 Å². The van der Waals surface area contributed by atoms with E-state index in [-0.39, 0.29) is 5.91 Å². The molecule has 1 fully saturated rings. The maximum atomic E-state index is 12.8. The molecule has 150 valence electrons. The van der Waals surface area contributed by atoms with E-state index in [0.717, 1.165) is 50.5 Å². The number of rotatable bonds is 8. The van der Waals surface area contributed by atoms with Gasteiger partial charge in [-0.1, -0.05) is 12.1 Å². The second kappa shape index (κ2) is 10.2. The summed E-state index contributed by atoms with van der Waals surface area (Å²) < 4.78 is 5.32. The summed E-state index contributed by atoms with van der Waals surface area (Å²) in [5.74, 6) is 1.56. The molecule has 0 radical (unpaired) electrons. The Hall–Kier alpha value is -2.40. The molecule has 0 aliphatic carbocycles. The summed E-state index contributed by atoms with van der Waals surface area (Å²) in [5, 5.41) is 0. The van der Waals surface area contributed by atoms with Crippen molar-refractivity contribution in [2.45, 2.75) is 26.2 Å². The minimum Gasteiger partial charge on any atom is -0.497 e. The minimum absolute atomic E-state index is 0.110. The van der Waals surface area contributed by atoms with Gasteiger partial charge in [0.15, 0.2) is 0 Å². The van der Waals surface area contributed by atoms with Gasteiger partial charge < -0.3 is 14.5 Å². The van der Waals surface area contributed by atoms with Crippen LogP contribution in [0, 0.1) is 5.92 Å². The quantitative estimate of drug-likeness (QED) is 0.702. The third-order valence-electron chi connectivity index (χ3n) is 5.53. The highest BCUT2D eigenvalue weighted by atomic mass is 16.5. The maximum Gasteiger partial charge on any atom is 0.253 e. The Morgan fingerprint density at radius 2 is 2.11 bits per heavy atom. The number of hydrogen-bond donors (Lipinski definition) is 0. The summed E-state index contributed by atoms with van der Waals surface area (Å²) in [6.07, 6.45) is 6.78. The van der Waals surface area contributed by atoms with E-state index in [4.69, 9.17) is 4.74 Å². The van der Waals surface area contributed by atoms with Crippen LogP contribution >= 0.6 is 0 Å². The van der Waals surface area contributed by atoms with Crippen LogP contribution in [0.25, 0.3) is 0 Å². The van der Waals surface area contributed by atoms with Crippen molar-refractivity contribution < 1.29 is 9.53 Å². The van der Waals surface area contributed by atoms with E-state index in [1.54, 1.807) is 31.6 Å². The van der Waals surface area contributed by atoms with Crippen molar-refractivity contribution in [1.29, 1.82) is 0 Å². The van der Waals surface area contributed by atoms with E-state index < -0.39 is 0 Å². The lowest BCUT2D eigenvalue weighted by molar-refractivity contribution is 0.0690. The molecule has 1 aromatic heterocycles. The molecule has 28 heavy (non-hydrogen) atoms. The first kappa shape index (κ1) is 20.3. The lowest BCUT2D eigenvalue weighted by atomic mass is 9.96. The summed E-state index contributed by atoms with van der Waals surface area (Å²) >= 11 is 0.